The van der Waals surface area contributed by atoms with Gasteiger partial charge in [0.15, 0.2) is 0 Å². The molecule has 4 nitrogen and oxygen atoms in total. The lowest BCUT2D eigenvalue weighted by Crippen LogP contribution is -2.37. The minimum absolute atomic E-state index is 0.222. The molecular formula is C18H26N2O2. The molecule has 1 aliphatic heterocycles. The smallest absolute Gasteiger partial charge is 0.223 e. The number of benzene rings is 1. The van der Waals surface area contributed by atoms with Crippen molar-refractivity contribution >= 4 is 5.91 Å². The highest BCUT2D eigenvalue weighted by atomic mass is 16.5. The first-order valence-corrected chi connectivity index (χ1v) is 8.34. The molecule has 1 aromatic rings. The van der Waals surface area contributed by atoms with E-state index in [4.69, 9.17) is 4.74 Å². The van der Waals surface area contributed by atoms with Crippen LogP contribution in [0, 0.1) is 11.8 Å². The van der Waals surface area contributed by atoms with E-state index in [-0.39, 0.29) is 17.9 Å². The molecule has 0 spiro atoms. The Hall–Kier alpha value is -1.55. The van der Waals surface area contributed by atoms with Crippen molar-refractivity contribution in [1.29, 1.82) is 0 Å². The topological polar surface area (TPSA) is 41.6 Å². The average molecular weight is 302 g/mol. The molecule has 1 amide bonds. The number of nitrogens with zero attached hydrogens (tertiary/aromatic N) is 1. The summed E-state index contributed by atoms with van der Waals surface area (Å²) in [6, 6.07) is 8.47. The van der Waals surface area contributed by atoms with E-state index in [0.29, 0.717) is 12.5 Å². The van der Waals surface area contributed by atoms with Crippen molar-refractivity contribution in [3.8, 4) is 5.75 Å². The Kier molecular flexibility index (Phi) is 4.67. The van der Waals surface area contributed by atoms with E-state index in [9.17, 15) is 4.79 Å². The summed E-state index contributed by atoms with van der Waals surface area (Å²) in [5.41, 5.74) is 1.23. The number of likely N-dealkylation sites (tertiary alicyclic amines) is 1. The molecule has 2 aliphatic rings. The molecule has 1 heterocycles. The third-order valence-corrected chi connectivity index (χ3v) is 4.98. The van der Waals surface area contributed by atoms with Gasteiger partial charge in [-0.25, -0.2) is 0 Å². The van der Waals surface area contributed by atoms with Gasteiger partial charge in [-0.1, -0.05) is 19.1 Å². The highest BCUT2D eigenvalue weighted by Gasteiger charge is 2.39. The summed E-state index contributed by atoms with van der Waals surface area (Å²) in [4.78, 5) is 14.6. The number of ether oxygens (including phenoxy) is 1. The highest BCUT2D eigenvalue weighted by molar-refractivity contribution is 5.81. The lowest BCUT2D eigenvalue weighted by molar-refractivity contribution is -0.122. The van der Waals surface area contributed by atoms with Crippen LogP contribution in [0.15, 0.2) is 24.3 Å². The molecule has 0 bridgehead atoms. The summed E-state index contributed by atoms with van der Waals surface area (Å²) in [6.45, 7) is 5.05. The Bertz CT molecular complexity index is 526. The molecule has 1 N–H and O–H groups in total. The molecule has 120 valence electrons. The molecule has 0 radical (unpaired) electrons. The van der Waals surface area contributed by atoms with Crippen LogP contribution in [-0.2, 0) is 4.79 Å². The number of methoxy groups -OCH3 is 1. The van der Waals surface area contributed by atoms with Crippen LogP contribution < -0.4 is 10.1 Å². The number of hydrogen-bond donors (Lipinski definition) is 1. The van der Waals surface area contributed by atoms with E-state index in [1.165, 1.54) is 18.4 Å². The first-order valence-electron chi connectivity index (χ1n) is 8.34. The maximum Gasteiger partial charge on any atom is 0.223 e. The molecular weight excluding hydrogens is 276 g/mol. The third kappa shape index (κ3) is 3.43. The number of nitrogens with one attached hydrogen (secondary N) is 1. The van der Waals surface area contributed by atoms with Crippen LogP contribution in [0.4, 0.5) is 0 Å². The molecule has 22 heavy (non-hydrogen) atoms. The molecule has 1 saturated heterocycles. The molecule has 2 fully saturated rings. The number of carbonyl (C=O) groups is 1. The molecule has 1 saturated carbocycles. The van der Waals surface area contributed by atoms with Gasteiger partial charge in [-0.15, -0.1) is 0 Å². The van der Waals surface area contributed by atoms with Crippen molar-refractivity contribution in [1.82, 2.24) is 10.2 Å². The molecule has 1 aliphatic carbocycles. The maximum atomic E-state index is 12.1. The minimum atomic E-state index is 0.222. The second-order valence-corrected chi connectivity index (χ2v) is 6.60. The van der Waals surface area contributed by atoms with Gasteiger partial charge >= 0.3 is 0 Å². The van der Waals surface area contributed by atoms with Gasteiger partial charge in [-0.3, -0.25) is 9.69 Å². The van der Waals surface area contributed by atoms with Crippen molar-refractivity contribution < 1.29 is 9.53 Å². The predicted molar refractivity (Wildman–Crippen MR) is 86.8 cm³/mol. The number of amides is 1. The van der Waals surface area contributed by atoms with Crippen molar-refractivity contribution in [2.75, 3.05) is 26.7 Å². The molecule has 3 unspecified atom stereocenters. The first kappa shape index (κ1) is 15.3. The van der Waals surface area contributed by atoms with E-state index >= 15 is 0 Å². The summed E-state index contributed by atoms with van der Waals surface area (Å²) in [6.07, 6.45) is 3.53. The number of rotatable bonds is 6. The van der Waals surface area contributed by atoms with Gasteiger partial charge in [-0.05, 0) is 56.0 Å². The first-order chi connectivity index (χ1) is 10.7. The van der Waals surface area contributed by atoms with Crippen LogP contribution in [0.25, 0.3) is 0 Å². The summed E-state index contributed by atoms with van der Waals surface area (Å²) in [5.74, 6) is 1.90. The van der Waals surface area contributed by atoms with Gasteiger partial charge in [0.2, 0.25) is 5.91 Å². The summed E-state index contributed by atoms with van der Waals surface area (Å²) < 4.78 is 5.35. The Morgan fingerprint density at radius 1 is 1.41 bits per heavy atom. The molecule has 4 heteroatoms. The van der Waals surface area contributed by atoms with Gasteiger partial charge in [-0.2, -0.15) is 0 Å². The molecule has 3 rings (SSSR count). The van der Waals surface area contributed by atoms with Gasteiger partial charge in [0.1, 0.15) is 5.75 Å². The number of carbonyl (C=O) groups excluding carboxylic acids is 1. The lowest BCUT2D eigenvalue weighted by Gasteiger charge is -2.28. The van der Waals surface area contributed by atoms with Gasteiger partial charge in [0, 0.05) is 12.5 Å². The van der Waals surface area contributed by atoms with E-state index in [0.717, 1.165) is 25.3 Å². The van der Waals surface area contributed by atoms with Gasteiger partial charge < -0.3 is 10.1 Å². The van der Waals surface area contributed by atoms with Crippen LogP contribution in [-0.4, -0.2) is 37.6 Å². The summed E-state index contributed by atoms with van der Waals surface area (Å²) in [7, 11) is 1.69. The predicted octanol–water partition coefficient (Wildman–Crippen LogP) is 2.60. The van der Waals surface area contributed by atoms with E-state index < -0.39 is 0 Å². The van der Waals surface area contributed by atoms with Crippen molar-refractivity contribution in [3.05, 3.63) is 29.8 Å². The standard InChI is InChI=1S/C18H26N2O2/c1-13-10-16(13)18(21)19-12-17(20-8-3-4-9-20)14-6-5-7-15(11-14)22-2/h5-7,11,13,16-17H,3-4,8-10,12H2,1-2H3,(H,19,21). The van der Waals surface area contributed by atoms with E-state index in [1.54, 1.807) is 7.11 Å². The summed E-state index contributed by atoms with van der Waals surface area (Å²) in [5, 5.41) is 3.17. The fourth-order valence-corrected chi connectivity index (χ4v) is 3.38. The monoisotopic (exact) mass is 302 g/mol. The van der Waals surface area contributed by atoms with Gasteiger partial charge in [0.05, 0.1) is 13.2 Å². The number of hydrogen-bond acceptors (Lipinski definition) is 3. The second-order valence-electron chi connectivity index (χ2n) is 6.60. The Morgan fingerprint density at radius 2 is 2.14 bits per heavy atom. The highest BCUT2D eigenvalue weighted by Crippen LogP contribution is 2.37. The largest absolute Gasteiger partial charge is 0.497 e. The van der Waals surface area contributed by atoms with Crippen LogP contribution in [0.1, 0.15) is 37.8 Å². The third-order valence-electron chi connectivity index (χ3n) is 4.98. The zero-order valence-electron chi connectivity index (χ0n) is 13.5. The minimum Gasteiger partial charge on any atom is -0.497 e. The Balaban J connectivity index is 1.70. The maximum absolute atomic E-state index is 12.1. The van der Waals surface area contributed by atoms with Crippen LogP contribution in [0.3, 0.4) is 0 Å². The van der Waals surface area contributed by atoms with E-state index in [1.807, 2.05) is 12.1 Å². The second kappa shape index (κ2) is 6.69. The average Bonchev–Trinajstić information content (AvgIpc) is 3.04. The normalized spacial score (nSPS) is 25.7. The Labute approximate surface area is 132 Å². The molecule has 1 aromatic carbocycles. The quantitative estimate of drug-likeness (QED) is 0.878. The van der Waals surface area contributed by atoms with Crippen molar-refractivity contribution in [2.45, 2.75) is 32.2 Å². The zero-order valence-corrected chi connectivity index (χ0v) is 13.5. The summed E-state index contributed by atoms with van der Waals surface area (Å²) >= 11 is 0. The molecule has 3 atom stereocenters. The van der Waals surface area contributed by atoms with E-state index in [2.05, 4.69) is 29.3 Å². The van der Waals surface area contributed by atoms with Gasteiger partial charge in [0.25, 0.3) is 0 Å². The lowest BCUT2D eigenvalue weighted by atomic mass is 10.0. The van der Waals surface area contributed by atoms with Crippen LogP contribution in [0.5, 0.6) is 5.75 Å². The SMILES string of the molecule is COc1cccc(C(CNC(=O)C2CC2C)N2CCCC2)c1. The van der Waals surface area contributed by atoms with Crippen LogP contribution in [0.2, 0.25) is 0 Å². The molecule has 0 aromatic heterocycles. The fraction of sp³-hybridized carbons (Fsp3) is 0.611. The van der Waals surface area contributed by atoms with Crippen molar-refractivity contribution in [2.24, 2.45) is 11.8 Å². The van der Waals surface area contributed by atoms with Crippen LogP contribution >= 0.6 is 0 Å². The fourth-order valence-electron chi connectivity index (χ4n) is 3.38. The Morgan fingerprint density at radius 3 is 2.77 bits per heavy atom. The van der Waals surface area contributed by atoms with Crippen molar-refractivity contribution in [3.63, 3.8) is 0 Å². The zero-order chi connectivity index (χ0) is 15.5.